The third-order valence-electron chi connectivity index (χ3n) is 3.57. The highest BCUT2D eigenvalue weighted by atomic mass is 16.2. The number of amides is 2. The maximum absolute atomic E-state index is 12.1. The van der Waals surface area contributed by atoms with Crippen molar-refractivity contribution >= 4 is 11.8 Å². The number of hydrogen-bond acceptors (Lipinski definition) is 2. The fourth-order valence-corrected chi connectivity index (χ4v) is 2.12. The molecule has 0 aromatic heterocycles. The minimum absolute atomic E-state index is 0.137. The summed E-state index contributed by atoms with van der Waals surface area (Å²) in [7, 11) is 0. The highest BCUT2D eigenvalue weighted by molar-refractivity contribution is 5.95. The van der Waals surface area contributed by atoms with Crippen LogP contribution in [0.1, 0.15) is 38.8 Å². The summed E-state index contributed by atoms with van der Waals surface area (Å²) in [6.45, 7) is 6.20. The van der Waals surface area contributed by atoms with Crippen molar-refractivity contribution in [2.24, 2.45) is 0 Å². The van der Waals surface area contributed by atoms with Crippen LogP contribution in [0.4, 0.5) is 0 Å². The highest BCUT2D eigenvalue weighted by Crippen LogP contribution is 2.04. The van der Waals surface area contributed by atoms with Gasteiger partial charge in [-0.3, -0.25) is 9.59 Å². The zero-order chi connectivity index (χ0) is 16.8. The van der Waals surface area contributed by atoms with Gasteiger partial charge in [0.05, 0.1) is 0 Å². The molecule has 2 N–H and O–H groups in total. The number of nitrogens with one attached hydrogen (secondary N) is 2. The fourth-order valence-electron chi connectivity index (χ4n) is 2.12. The van der Waals surface area contributed by atoms with Gasteiger partial charge in [-0.05, 0) is 45.0 Å². The van der Waals surface area contributed by atoms with Gasteiger partial charge in [0.25, 0.3) is 11.8 Å². The summed E-state index contributed by atoms with van der Waals surface area (Å²) in [5, 5.41) is 5.71. The fraction of sp³-hybridized carbons (Fsp3) is 0.263. The third-order valence-corrected chi connectivity index (χ3v) is 3.57. The summed E-state index contributed by atoms with van der Waals surface area (Å²) in [5.74, 6) is -0.275. The minimum Gasteiger partial charge on any atom is -0.350 e. The van der Waals surface area contributed by atoms with Crippen LogP contribution >= 0.6 is 0 Å². The zero-order valence-corrected chi connectivity index (χ0v) is 13.7. The topological polar surface area (TPSA) is 58.2 Å². The van der Waals surface area contributed by atoms with E-state index in [1.54, 1.807) is 24.3 Å². The van der Waals surface area contributed by atoms with Gasteiger partial charge in [-0.1, -0.05) is 35.4 Å². The molecule has 2 aromatic rings. The number of carbonyl (C=O) groups is 2. The lowest BCUT2D eigenvalue weighted by molar-refractivity contribution is 0.0912. The first-order chi connectivity index (χ1) is 11.0. The Kier molecular flexibility index (Phi) is 5.52. The van der Waals surface area contributed by atoms with Gasteiger partial charge in [-0.25, -0.2) is 0 Å². The van der Waals surface area contributed by atoms with Crippen LogP contribution in [0.3, 0.4) is 0 Å². The smallest absolute Gasteiger partial charge is 0.251 e. The van der Waals surface area contributed by atoms with Crippen LogP contribution in [-0.2, 0) is 0 Å². The molecule has 120 valence electrons. The van der Waals surface area contributed by atoms with Crippen LogP contribution in [0.5, 0.6) is 0 Å². The third kappa shape index (κ3) is 4.95. The quantitative estimate of drug-likeness (QED) is 0.892. The summed E-state index contributed by atoms with van der Waals surface area (Å²) in [4.78, 5) is 24.1. The molecule has 0 fully saturated rings. The van der Waals surface area contributed by atoms with Crippen molar-refractivity contribution < 1.29 is 9.59 Å². The first-order valence-electron chi connectivity index (χ1n) is 7.68. The van der Waals surface area contributed by atoms with Crippen molar-refractivity contribution in [1.82, 2.24) is 10.6 Å². The van der Waals surface area contributed by atoms with Crippen molar-refractivity contribution in [2.45, 2.75) is 26.8 Å². The normalized spacial score (nSPS) is 11.6. The molecule has 0 aliphatic carbocycles. The van der Waals surface area contributed by atoms with E-state index in [9.17, 15) is 9.59 Å². The van der Waals surface area contributed by atoms with Gasteiger partial charge in [0.1, 0.15) is 0 Å². The summed E-state index contributed by atoms with van der Waals surface area (Å²) in [6, 6.07) is 14.6. The van der Waals surface area contributed by atoms with Crippen molar-refractivity contribution in [3.05, 3.63) is 70.8 Å². The van der Waals surface area contributed by atoms with Gasteiger partial charge in [0.2, 0.25) is 0 Å². The Bertz CT molecular complexity index is 676. The maximum Gasteiger partial charge on any atom is 0.251 e. The molecule has 0 saturated heterocycles. The molecule has 0 saturated carbocycles. The zero-order valence-electron chi connectivity index (χ0n) is 13.7. The van der Waals surface area contributed by atoms with E-state index in [0.717, 1.165) is 11.1 Å². The Hall–Kier alpha value is -2.62. The predicted octanol–water partition coefficient (Wildman–Crippen LogP) is 2.85. The standard InChI is InChI=1S/C19H22N2O2/c1-13-4-8-16(9-5-13)18(22)20-12-15(3)21-19(23)17-10-6-14(2)7-11-17/h4-11,15H,12H2,1-3H3,(H,20,22)(H,21,23). The molecule has 4 heteroatoms. The Morgan fingerprint density at radius 3 is 1.74 bits per heavy atom. The van der Waals surface area contributed by atoms with Gasteiger partial charge in [-0.2, -0.15) is 0 Å². The van der Waals surface area contributed by atoms with Gasteiger partial charge >= 0.3 is 0 Å². The molecular formula is C19H22N2O2. The van der Waals surface area contributed by atoms with E-state index in [1.165, 1.54) is 0 Å². The summed E-state index contributed by atoms with van der Waals surface area (Å²) < 4.78 is 0. The molecule has 0 radical (unpaired) electrons. The molecule has 0 aliphatic heterocycles. The predicted molar refractivity (Wildman–Crippen MR) is 91.6 cm³/mol. The van der Waals surface area contributed by atoms with Crippen LogP contribution in [0, 0.1) is 13.8 Å². The molecule has 0 heterocycles. The second-order valence-electron chi connectivity index (χ2n) is 5.82. The number of carbonyl (C=O) groups excluding carboxylic acids is 2. The largest absolute Gasteiger partial charge is 0.350 e. The highest BCUT2D eigenvalue weighted by Gasteiger charge is 2.11. The number of rotatable bonds is 5. The molecule has 2 rings (SSSR count). The molecule has 0 spiro atoms. The molecule has 4 nitrogen and oxygen atoms in total. The Morgan fingerprint density at radius 1 is 0.826 bits per heavy atom. The van der Waals surface area contributed by atoms with Gasteiger partial charge in [0, 0.05) is 23.7 Å². The molecule has 2 aromatic carbocycles. The summed E-state index contributed by atoms with van der Waals surface area (Å²) in [6.07, 6.45) is 0. The molecule has 23 heavy (non-hydrogen) atoms. The average Bonchev–Trinajstić information content (AvgIpc) is 2.54. The van der Waals surface area contributed by atoms with E-state index in [0.29, 0.717) is 17.7 Å². The van der Waals surface area contributed by atoms with E-state index >= 15 is 0 Å². The van der Waals surface area contributed by atoms with Gasteiger partial charge in [-0.15, -0.1) is 0 Å². The van der Waals surface area contributed by atoms with E-state index in [-0.39, 0.29) is 17.9 Å². The number of benzene rings is 2. The van der Waals surface area contributed by atoms with Crippen molar-refractivity contribution in [3.8, 4) is 0 Å². The monoisotopic (exact) mass is 310 g/mol. The van der Waals surface area contributed by atoms with Crippen LogP contribution in [0.15, 0.2) is 48.5 Å². The second-order valence-corrected chi connectivity index (χ2v) is 5.82. The second kappa shape index (κ2) is 7.58. The van der Waals surface area contributed by atoms with E-state index < -0.39 is 0 Å². The Morgan fingerprint density at radius 2 is 1.26 bits per heavy atom. The molecular weight excluding hydrogens is 288 g/mol. The molecule has 1 atom stereocenters. The summed E-state index contributed by atoms with van der Waals surface area (Å²) >= 11 is 0. The lowest BCUT2D eigenvalue weighted by Crippen LogP contribution is -2.41. The van der Waals surface area contributed by atoms with Crippen LogP contribution in [0.25, 0.3) is 0 Å². The maximum atomic E-state index is 12.1. The van der Waals surface area contributed by atoms with Crippen LogP contribution in [-0.4, -0.2) is 24.4 Å². The van der Waals surface area contributed by atoms with E-state index in [2.05, 4.69) is 10.6 Å². The summed E-state index contributed by atoms with van der Waals surface area (Å²) in [5.41, 5.74) is 3.46. The van der Waals surface area contributed by atoms with Crippen molar-refractivity contribution in [3.63, 3.8) is 0 Å². The molecule has 0 aliphatic rings. The minimum atomic E-state index is -0.154. The average molecular weight is 310 g/mol. The molecule has 1 unspecified atom stereocenters. The first kappa shape index (κ1) is 16.7. The molecule has 0 bridgehead atoms. The molecule has 2 amide bonds. The number of hydrogen-bond donors (Lipinski definition) is 2. The van der Waals surface area contributed by atoms with Gasteiger partial charge in [0.15, 0.2) is 0 Å². The van der Waals surface area contributed by atoms with Crippen LogP contribution < -0.4 is 10.6 Å². The lowest BCUT2D eigenvalue weighted by atomic mass is 10.1. The Balaban J connectivity index is 1.83. The SMILES string of the molecule is Cc1ccc(C(=O)NCC(C)NC(=O)c2ccc(C)cc2)cc1. The van der Waals surface area contributed by atoms with Crippen molar-refractivity contribution in [2.75, 3.05) is 6.54 Å². The Labute approximate surface area is 136 Å². The first-order valence-corrected chi connectivity index (χ1v) is 7.68. The van der Waals surface area contributed by atoms with Crippen LogP contribution in [0.2, 0.25) is 0 Å². The van der Waals surface area contributed by atoms with E-state index in [1.807, 2.05) is 45.0 Å². The van der Waals surface area contributed by atoms with E-state index in [4.69, 9.17) is 0 Å². The van der Waals surface area contributed by atoms with Crippen molar-refractivity contribution in [1.29, 1.82) is 0 Å². The number of aryl methyl sites for hydroxylation is 2. The lowest BCUT2D eigenvalue weighted by Gasteiger charge is -2.15. The van der Waals surface area contributed by atoms with Gasteiger partial charge < -0.3 is 10.6 Å².